The molecule has 2 heterocycles. The monoisotopic (exact) mass is 441 g/mol. The van der Waals surface area contributed by atoms with Crippen LogP contribution in [0.5, 0.6) is 0 Å². The fraction of sp³-hybridized carbons (Fsp3) is 0.0400. The van der Waals surface area contributed by atoms with E-state index in [1.807, 2.05) is 11.3 Å². The summed E-state index contributed by atoms with van der Waals surface area (Å²) in [5, 5.41) is 5.29. The van der Waals surface area contributed by atoms with Crippen LogP contribution >= 0.6 is 27.3 Å². The highest BCUT2D eigenvalue weighted by Crippen LogP contribution is 2.48. The van der Waals surface area contributed by atoms with Gasteiger partial charge in [0.1, 0.15) is 0 Å². The number of benzene rings is 4. The van der Waals surface area contributed by atoms with Crippen LogP contribution in [0.3, 0.4) is 0 Å². The Bertz CT molecular complexity index is 1520. The van der Waals surface area contributed by atoms with Crippen LogP contribution in [-0.4, -0.2) is 4.57 Å². The summed E-state index contributed by atoms with van der Waals surface area (Å²) in [6, 6.07) is 28.2. The third kappa shape index (κ3) is 2.06. The van der Waals surface area contributed by atoms with Gasteiger partial charge < -0.3 is 4.57 Å². The average Bonchev–Trinajstić information content (AvgIpc) is 3.29. The number of halogens is 1. The molecule has 0 saturated heterocycles. The number of fused-ring (bicyclic) bond motifs is 7. The van der Waals surface area contributed by atoms with Gasteiger partial charge in [0, 0.05) is 36.4 Å². The van der Waals surface area contributed by atoms with Crippen LogP contribution in [-0.2, 0) is 0 Å². The molecule has 0 aliphatic heterocycles. The van der Waals surface area contributed by atoms with Crippen LogP contribution < -0.4 is 0 Å². The average molecular weight is 442 g/mol. The topological polar surface area (TPSA) is 4.93 Å². The van der Waals surface area contributed by atoms with Gasteiger partial charge >= 0.3 is 0 Å². The van der Waals surface area contributed by atoms with E-state index in [0.717, 1.165) is 0 Å². The number of aromatic nitrogens is 1. The molecule has 0 unspecified atom stereocenters. The maximum atomic E-state index is 3.95. The normalized spacial score (nSPS) is 11.9. The molecule has 0 saturated carbocycles. The second kappa shape index (κ2) is 5.94. The summed E-state index contributed by atoms with van der Waals surface area (Å²) in [5.74, 6) is 0. The molecule has 134 valence electrons. The van der Waals surface area contributed by atoms with E-state index in [4.69, 9.17) is 0 Å². The highest BCUT2D eigenvalue weighted by Gasteiger charge is 2.22. The first kappa shape index (κ1) is 16.3. The number of thiophene rings is 1. The Morgan fingerprint density at radius 2 is 1.43 bits per heavy atom. The molecule has 0 radical (unpaired) electrons. The molecule has 28 heavy (non-hydrogen) atoms. The lowest BCUT2D eigenvalue weighted by molar-refractivity contribution is 1.19. The van der Waals surface area contributed by atoms with Gasteiger partial charge in [0.25, 0.3) is 0 Å². The van der Waals surface area contributed by atoms with Gasteiger partial charge in [0.2, 0.25) is 0 Å². The van der Waals surface area contributed by atoms with Gasteiger partial charge in [0.15, 0.2) is 0 Å². The largest absolute Gasteiger partial charge is 0.308 e. The molecule has 0 fully saturated rings. The predicted molar refractivity (Wildman–Crippen MR) is 126 cm³/mol. The first-order valence-electron chi connectivity index (χ1n) is 9.33. The van der Waals surface area contributed by atoms with Gasteiger partial charge in [-0.25, -0.2) is 0 Å². The molecular formula is C25H16BrNS. The zero-order valence-electron chi connectivity index (χ0n) is 15.2. The summed E-state index contributed by atoms with van der Waals surface area (Å²) in [7, 11) is 0. The van der Waals surface area contributed by atoms with E-state index in [-0.39, 0.29) is 0 Å². The van der Waals surface area contributed by atoms with E-state index >= 15 is 0 Å². The molecule has 6 rings (SSSR count). The number of hydrogen-bond acceptors (Lipinski definition) is 1. The number of hydrogen-bond donors (Lipinski definition) is 0. The van der Waals surface area contributed by atoms with Crippen molar-refractivity contribution in [3.8, 4) is 5.69 Å². The Labute approximate surface area is 175 Å². The summed E-state index contributed by atoms with van der Waals surface area (Å²) in [5.41, 5.74) is 5.07. The van der Waals surface area contributed by atoms with E-state index in [9.17, 15) is 0 Å². The van der Waals surface area contributed by atoms with Crippen molar-refractivity contribution in [2.45, 2.75) is 6.92 Å². The summed E-state index contributed by atoms with van der Waals surface area (Å²) in [6.07, 6.45) is 0. The molecule has 6 aromatic rings. The number of aryl methyl sites for hydroxylation is 1. The standard InChI is InChI=1S/C25H16BrNS/c1-15-21-17-11-5-7-13-19(17)27(16-9-3-2-4-10-16)24(21)25-22(23(15)26)18-12-6-8-14-20(18)28-25/h2-14H,1H3. The van der Waals surface area contributed by atoms with Crippen molar-refractivity contribution >= 4 is 69.2 Å². The minimum absolute atomic E-state index is 1.20. The number of nitrogens with zero attached hydrogens (tertiary/aromatic N) is 1. The van der Waals surface area contributed by atoms with Crippen molar-refractivity contribution in [2.75, 3.05) is 0 Å². The second-order valence-electron chi connectivity index (χ2n) is 7.15. The Morgan fingerprint density at radius 3 is 2.25 bits per heavy atom. The van der Waals surface area contributed by atoms with E-state index in [1.165, 1.54) is 57.7 Å². The van der Waals surface area contributed by atoms with Crippen molar-refractivity contribution in [1.82, 2.24) is 4.57 Å². The zero-order valence-corrected chi connectivity index (χ0v) is 17.6. The van der Waals surface area contributed by atoms with Crippen LogP contribution in [0.4, 0.5) is 0 Å². The molecule has 0 aliphatic rings. The SMILES string of the molecule is Cc1c(Br)c2c3ccccc3sc2c2c1c1ccccc1n2-c1ccccc1. The molecule has 0 atom stereocenters. The maximum absolute atomic E-state index is 3.95. The Balaban J connectivity index is 1.99. The lowest BCUT2D eigenvalue weighted by Crippen LogP contribution is -1.93. The van der Waals surface area contributed by atoms with E-state index in [1.54, 1.807) is 0 Å². The third-order valence-electron chi connectivity index (χ3n) is 5.62. The molecule has 0 spiro atoms. The quantitative estimate of drug-likeness (QED) is 0.242. The summed E-state index contributed by atoms with van der Waals surface area (Å²) in [4.78, 5) is 0. The molecule has 0 amide bonds. The van der Waals surface area contributed by atoms with E-state index < -0.39 is 0 Å². The maximum Gasteiger partial charge on any atom is 0.0723 e. The van der Waals surface area contributed by atoms with Crippen LogP contribution in [0.25, 0.3) is 47.7 Å². The lowest BCUT2D eigenvalue weighted by Gasteiger charge is -2.10. The van der Waals surface area contributed by atoms with E-state index in [2.05, 4.69) is 106 Å². The molecule has 0 aliphatic carbocycles. The number of rotatable bonds is 1. The molecular weight excluding hydrogens is 426 g/mol. The van der Waals surface area contributed by atoms with Crippen molar-refractivity contribution in [3.63, 3.8) is 0 Å². The van der Waals surface area contributed by atoms with Gasteiger partial charge in [-0.3, -0.25) is 0 Å². The molecule has 4 aromatic carbocycles. The highest BCUT2D eigenvalue weighted by molar-refractivity contribution is 9.10. The zero-order chi connectivity index (χ0) is 18.8. The van der Waals surface area contributed by atoms with Gasteiger partial charge in [-0.05, 0) is 52.7 Å². The molecule has 0 bridgehead atoms. The summed E-state index contributed by atoms with van der Waals surface area (Å²) >= 11 is 5.84. The molecule has 1 nitrogen and oxygen atoms in total. The van der Waals surface area contributed by atoms with E-state index in [0.29, 0.717) is 0 Å². The Hall–Kier alpha value is -2.62. The Morgan fingerprint density at radius 1 is 0.750 bits per heavy atom. The lowest BCUT2D eigenvalue weighted by atomic mass is 10.0. The third-order valence-corrected chi connectivity index (χ3v) is 7.79. The smallest absolute Gasteiger partial charge is 0.0723 e. The van der Waals surface area contributed by atoms with Crippen molar-refractivity contribution in [1.29, 1.82) is 0 Å². The summed E-state index contributed by atoms with van der Waals surface area (Å²) in [6.45, 7) is 2.24. The molecule has 2 aromatic heterocycles. The van der Waals surface area contributed by atoms with Crippen LogP contribution in [0.1, 0.15) is 5.56 Å². The molecule has 3 heteroatoms. The van der Waals surface area contributed by atoms with Crippen molar-refractivity contribution in [3.05, 3.63) is 88.9 Å². The van der Waals surface area contributed by atoms with Crippen LogP contribution in [0.2, 0.25) is 0 Å². The number of para-hydroxylation sites is 2. The first-order chi connectivity index (χ1) is 13.8. The van der Waals surface area contributed by atoms with Crippen LogP contribution in [0.15, 0.2) is 83.3 Å². The fourth-order valence-electron chi connectivity index (χ4n) is 4.41. The van der Waals surface area contributed by atoms with Gasteiger partial charge in [-0.2, -0.15) is 0 Å². The second-order valence-corrected chi connectivity index (χ2v) is 9.00. The van der Waals surface area contributed by atoms with Gasteiger partial charge in [-0.1, -0.05) is 54.6 Å². The minimum Gasteiger partial charge on any atom is -0.308 e. The van der Waals surface area contributed by atoms with Crippen LogP contribution in [0, 0.1) is 6.92 Å². The van der Waals surface area contributed by atoms with Crippen molar-refractivity contribution < 1.29 is 0 Å². The molecule has 0 N–H and O–H groups in total. The van der Waals surface area contributed by atoms with Gasteiger partial charge in [0.05, 0.1) is 15.7 Å². The first-order valence-corrected chi connectivity index (χ1v) is 10.9. The minimum atomic E-state index is 1.20. The summed E-state index contributed by atoms with van der Waals surface area (Å²) < 4.78 is 6.31. The van der Waals surface area contributed by atoms with Crippen molar-refractivity contribution in [2.24, 2.45) is 0 Å². The fourth-order valence-corrected chi connectivity index (χ4v) is 6.40. The highest BCUT2D eigenvalue weighted by atomic mass is 79.9. The Kier molecular flexibility index (Phi) is 3.47. The predicted octanol–water partition coefficient (Wildman–Crippen LogP) is 8.22. The van der Waals surface area contributed by atoms with Gasteiger partial charge in [-0.15, -0.1) is 11.3 Å².